The zero-order valence-electron chi connectivity index (χ0n) is 24.3. The van der Waals surface area contributed by atoms with E-state index in [1.165, 1.54) is 56.0 Å². The molecule has 0 heterocycles. The normalized spacial score (nSPS) is 17.1. The van der Waals surface area contributed by atoms with Crippen LogP contribution in [0.1, 0.15) is 75.3 Å². The Bertz CT molecular complexity index is 1570. The zero-order valence-corrected chi connectivity index (χ0v) is 25.0. The minimum atomic E-state index is -4.36. The maximum atomic E-state index is 15.3. The topological polar surface area (TPSA) is 9.23 Å². The molecule has 1 aliphatic carbocycles. The van der Waals surface area contributed by atoms with Crippen molar-refractivity contribution in [3.8, 4) is 28.0 Å². The average molecular weight is 631 g/mol. The van der Waals surface area contributed by atoms with Crippen molar-refractivity contribution in [1.82, 2.24) is 0 Å². The van der Waals surface area contributed by atoms with Gasteiger partial charge in [-0.2, -0.15) is 8.78 Å². The molecule has 44 heavy (non-hydrogen) atoms. The summed E-state index contributed by atoms with van der Waals surface area (Å²) in [6, 6.07) is 14.8. The molecule has 1 saturated carbocycles. The molecule has 4 aromatic carbocycles. The Morgan fingerprint density at radius 3 is 1.91 bits per heavy atom. The van der Waals surface area contributed by atoms with Crippen LogP contribution in [0.3, 0.4) is 0 Å². The van der Waals surface area contributed by atoms with Crippen LogP contribution in [0, 0.1) is 29.2 Å². The van der Waals surface area contributed by atoms with Crippen LogP contribution >= 0.6 is 11.6 Å². The Hall–Kier alpha value is -3.45. The van der Waals surface area contributed by atoms with Crippen molar-refractivity contribution in [1.29, 1.82) is 0 Å². The first kappa shape index (κ1) is 32.0. The number of halogens is 7. The second-order valence-corrected chi connectivity index (χ2v) is 12.0. The third-order valence-electron chi connectivity index (χ3n) is 8.51. The van der Waals surface area contributed by atoms with Gasteiger partial charge in [0, 0.05) is 16.1 Å². The summed E-state index contributed by atoms with van der Waals surface area (Å²) in [5.41, 5.74) is -0.767. The molecule has 4 aromatic rings. The van der Waals surface area contributed by atoms with Gasteiger partial charge in [-0.3, -0.25) is 0 Å². The van der Waals surface area contributed by atoms with E-state index in [0.717, 1.165) is 55.4 Å². The molecule has 0 spiro atoms. The van der Waals surface area contributed by atoms with Crippen LogP contribution in [0.2, 0.25) is 5.02 Å². The second kappa shape index (κ2) is 13.7. The molecule has 0 N–H and O–H groups in total. The molecule has 1 nitrogen and oxygen atoms in total. The minimum absolute atomic E-state index is 0.194. The lowest BCUT2D eigenvalue weighted by atomic mass is 9.77. The summed E-state index contributed by atoms with van der Waals surface area (Å²) in [6.07, 6.45) is 4.93. The average Bonchev–Trinajstić information content (AvgIpc) is 2.98. The van der Waals surface area contributed by atoms with Gasteiger partial charge in [0.05, 0.1) is 0 Å². The summed E-state index contributed by atoms with van der Waals surface area (Å²) in [4.78, 5) is 0. The van der Waals surface area contributed by atoms with E-state index < -0.39 is 34.9 Å². The summed E-state index contributed by atoms with van der Waals surface area (Å²) < 4.78 is 94.3. The number of hydrogen-bond donors (Lipinski definition) is 0. The van der Waals surface area contributed by atoms with Crippen LogP contribution in [0.15, 0.2) is 72.8 Å². The predicted octanol–water partition coefficient (Wildman–Crippen LogP) is 12.2. The first-order chi connectivity index (χ1) is 21.1. The number of hydrogen-bond acceptors (Lipinski definition) is 1. The number of unbranched alkanes of at least 4 members (excludes halogenated alkanes) is 2. The van der Waals surface area contributed by atoms with Crippen molar-refractivity contribution in [3.05, 3.63) is 112 Å². The molecule has 0 unspecified atom stereocenters. The van der Waals surface area contributed by atoms with Crippen molar-refractivity contribution < 1.29 is 31.1 Å². The van der Waals surface area contributed by atoms with Gasteiger partial charge in [-0.05, 0) is 103 Å². The molecule has 0 aliphatic heterocycles. The highest BCUT2D eigenvalue weighted by molar-refractivity contribution is 6.30. The van der Waals surface area contributed by atoms with Crippen LogP contribution < -0.4 is 4.74 Å². The van der Waals surface area contributed by atoms with Gasteiger partial charge >= 0.3 is 6.11 Å². The summed E-state index contributed by atoms with van der Waals surface area (Å²) in [7, 11) is 0. The van der Waals surface area contributed by atoms with Gasteiger partial charge in [0.25, 0.3) is 0 Å². The van der Waals surface area contributed by atoms with Crippen LogP contribution in [-0.4, -0.2) is 0 Å². The summed E-state index contributed by atoms with van der Waals surface area (Å²) >= 11 is 5.73. The number of benzene rings is 4. The Labute approximate surface area is 258 Å². The number of alkyl halides is 2. The molecular weight excluding hydrogens is 598 g/mol. The SMILES string of the molecule is CCCCCC1CCC(c2ccc(-c3ccc(-c4cc(F)c(C(F)(F)Oc5ccc(Cl)cc5)c(F)c4)c(F)c3)c(F)c2)CC1. The maximum absolute atomic E-state index is 15.3. The fraction of sp³-hybridized carbons (Fsp3) is 0.333. The highest BCUT2D eigenvalue weighted by atomic mass is 35.5. The third kappa shape index (κ3) is 7.26. The van der Waals surface area contributed by atoms with Crippen molar-refractivity contribution in [2.75, 3.05) is 0 Å². The zero-order chi connectivity index (χ0) is 31.4. The van der Waals surface area contributed by atoms with E-state index >= 15 is 8.78 Å². The van der Waals surface area contributed by atoms with Crippen LogP contribution in [-0.2, 0) is 6.11 Å². The monoisotopic (exact) mass is 630 g/mol. The van der Waals surface area contributed by atoms with Gasteiger partial charge in [0.1, 0.15) is 34.6 Å². The third-order valence-corrected chi connectivity index (χ3v) is 8.76. The molecule has 0 amide bonds. The van der Waals surface area contributed by atoms with Crippen molar-refractivity contribution in [2.24, 2.45) is 5.92 Å². The van der Waals surface area contributed by atoms with Crippen LogP contribution in [0.25, 0.3) is 22.3 Å². The lowest BCUT2D eigenvalue weighted by molar-refractivity contribution is -0.189. The Morgan fingerprint density at radius 1 is 0.705 bits per heavy atom. The molecule has 0 radical (unpaired) electrons. The standard InChI is InChI=1S/C36H33ClF6O/c1-2-3-4-5-22-6-8-23(9-7-22)24-10-16-29(31(38)18-24)25-11-17-30(32(39)19-25)26-20-33(40)35(34(41)21-26)36(42,43)44-28-14-12-27(37)13-15-28/h10-23H,2-9H2,1H3. The highest BCUT2D eigenvalue weighted by Crippen LogP contribution is 2.40. The predicted molar refractivity (Wildman–Crippen MR) is 162 cm³/mol. The Balaban J connectivity index is 1.31. The van der Waals surface area contributed by atoms with E-state index in [-0.39, 0.29) is 38.9 Å². The molecule has 1 fully saturated rings. The lowest BCUT2D eigenvalue weighted by Gasteiger charge is -2.29. The molecule has 8 heteroatoms. The van der Waals surface area contributed by atoms with Gasteiger partial charge < -0.3 is 4.74 Å². The molecule has 232 valence electrons. The Morgan fingerprint density at radius 2 is 1.30 bits per heavy atom. The van der Waals surface area contributed by atoms with E-state index in [0.29, 0.717) is 12.1 Å². The molecular formula is C36H33ClF6O. The molecule has 0 bridgehead atoms. The first-order valence-corrected chi connectivity index (χ1v) is 15.3. The van der Waals surface area contributed by atoms with E-state index in [1.54, 1.807) is 6.07 Å². The van der Waals surface area contributed by atoms with Crippen molar-refractivity contribution in [3.63, 3.8) is 0 Å². The summed E-state index contributed by atoms with van der Waals surface area (Å²) in [5, 5.41) is 0.265. The van der Waals surface area contributed by atoms with Gasteiger partial charge in [-0.25, -0.2) is 17.6 Å². The highest BCUT2D eigenvalue weighted by Gasteiger charge is 2.41. The molecule has 1 aliphatic rings. The van der Waals surface area contributed by atoms with Crippen molar-refractivity contribution in [2.45, 2.75) is 70.3 Å². The van der Waals surface area contributed by atoms with E-state index in [2.05, 4.69) is 11.7 Å². The van der Waals surface area contributed by atoms with Gasteiger partial charge in [0.15, 0.2) is 0 Å². The fourth-order valence-electron chi connectivity index (χ4n) is 6.11. The number of ether oxygens (including phenoxy) is 1. The van der Waals surface area contributed by atoms with Gasteiger partial charge in [-0.15, -0.1) is 0 Å². The molecule has 0 aromatic heterocycles. The van der Waals surface area contributed by atoms with Gasteiger partial charge in [-0.1, -0.05) is 68.5 Å². The summed E-state index contributed by atoms with van der Waals surface area (Å²) in [5.74, 6) is -3.92. The van der Waals surface area contributed by atoms with Crippen molar-refractivity contribution >= 4 is 11.6 Å². The van der Waals surface area contributed by atoms with Gasteiger partial charge in [0.2, 0.25) is 0 Å². The molecule has 0 saturated heterocycles. The van der Waals surface area contributed by atoms with E-state index in [9.17, 15) is 17.6 Å². The van der Waals surface area contributed by atoms with Crippen LogP contribution in [0.4, 0.5) is 26.3 Å². The van der Waals surface area contributed by atoms with Crippen LogP contribution in [0.5, 0.6) is 5.75 Å². The minimum Gasteiger partial charge on any atom is -0.429 e. The van der Waals surface area contributed by atoms with E-state index in [4.69, 9.17) is 11.6 Å². The second-order valence-electron chi connectivity index (χ2n) is 11.5. The summed E-state index contributed by atoms with van der Waals surface area (Å²) in [6.45, 7) is 2.20. The quantitative estimate of drug-likeness (QED) is 0.125. The lowest BCUT2D eigenvalue weighted by Crippen LogP contribution is -2.25. The molecule has 0 atom stereocenters. The fourth-order valence-corrected chi connectivity index (χ4v) is 6.24. The first-order valence-electron chi connectivity index (χ1n) is 15.0. The largest absolute Gasteiger partial charge is 0.432 e. The van der Waals surface area contributed by atoms with E-state index in [1.807, 2.05) is 6.07 Å². The molecule has 5 rings (SSSR count). The maximum Gasteiger partial charge on any atom is 0.432 e. The Kier molecular flexibility index (Phi) is 9.94. The number of rotatable bonds is 10. The smallest absolute Gasteiger partial charge is 0.429 e.